The van der Waals surface area contributed by atoms with Crippen LogP contribution >= 0.6 is 0 Å². The molecule has 4 heteroatoms. The van der Waals surface area contributed by atoms with Crippen molar-refractivity contribution in [2.75, 3.05) is 0 Å². The SMILES string of the molecule is CCC(N=[N+]=[N-])c1ccccc1F. The minimum Gasteiger partial charge on any atom is -0.207 e. The molecule has 0 fully saturated rings. The smallest absolute Gasteiger partial charge is 0.126 e. The van der Waals surface area contributed by atoms with Gasteiger partial charge in [0.1, 0.15) is 5.82 Å². The zero-order valence-corrected chi connectivity index (χ0v) is 7.31. The summed E-state index contributed by atoms with van der Waals surface area (Å²) in [6, 6.07) is 5.95. The Labute approximate surface area is 75.8 Å². The van der Waals surface area contributed by atoms with Crippen molar-refractivity contribution in [3.05, 3.63) is 46.1 Å². The molecule has 0 spiro atoms. The van der Waals surface area contributed by atoms with Crippen molar-refractivity contribution in [2.45, 2.75) is 19.4 Å². The van der Waals surface area contributed by atoms with Gasteiger partial charge in [0, 0.05) is 4.91 Å². The minimum absolute atomic E-state index is 0.318. The summed E-state index contributed by atoms with van der Waals surface area (Å²) in [5.74, 6) is -0.318. The van der Waals surface area contributed by atoms with Crippen LogP contribution in [0.25, 0.3) is 10.4 Å². The summed E-state index contributed by atoms with van der Waals surface area (Å²) in [7, 11) is 0. The Hall–Kier alpha value is -1.54. The van der Waals surface area contributed by atoms with E-state index in [9.17, 15) is 4.39 Å². The quantitative estimate of drug-likeness (QED) is 0.387. The van der Waals surface area contributed by atoms with E-state index in [1.165, 1.54) is 6.07 Å². The van der Waals surface area contributed by atoms with Gasteiger partial charge in [-0.2, -0.15) is 0 Å². The third-order valence-electron chi connectivity index (χ3n) is 1.84. The number of hydrogen-bond donors (Lipinski definition) is 0. The van der Waals surface area contributed by atoms with Crippen molar-refractivity contribution in [3.8, 4) is 0 Å². The molecule has 1 atom stereocenters. The molecule has 1 aromatic rings. The van der Waals surface area contributed by atoms with Gasteiger partial charge in [-0.25, -0.2) is 4.39 Å². The molecule has 1 rings (SSSR count). The maximum atomic E-state index is 13.2. The summed E-state index contributed by atoms with van der Waals surface area (Å²) in [4.78, 5) is 2.68. The molecule has 0 N–H and O–H groups in total. The van der Waals surface area contributed by atoms with Crippen LogP contribution in [-0.4, -0.2) is 0 Å². The summed E-state index contributed by atoms with van der Waals surface area (Å²) >= 11 is 0. The first-order valence-corrected chi connectivity index (χ1v) is 4.08. The van der Waals surface area contributed by atoms with E-state index in [1.807, 2.05) is 6.92 Å². The van der Waals surface area contributed by atoms with Crippen LogP contribution in [0, 0.1) is 5.82 Å². The van der Waals surface area contributed by atoms with Crippen molar-refractivity contribution in [1.29, 1.82) is 0 Å². The molecule has 68 valence electrons. The van der Waals surface area contributed by atoms with Gasteiger partial charge in [-0.1, -0.05) is 30.2 Å². The molecule has 1 unspecified atom stereocenters. The van der Waals surface area contributed by atoms with Crippen LogP contribution in [0.5, 0.6) is 0 Å². The minimum atomic E-state index is -0.397. The average Bonchev–Trinajstić information content (AvgIpc) is 2.16. The summed E-state index contributed by atoms with van der Waals surface area (Å²) in [6.45, 7) is 1.85. The fourth-order valence-corrected chi connectivity index (χ4v) is 1.17. The number of nitrogens with zero attached hydrogens (tertiary/aromatic N) is 3. The van der Waals surface area contributed by atoms with E-state index < -0.39 is 6.04 Å². The predicted molar refractivity (Wildman–Crippen MR) is 48.6 cm³/mol. The molecule has 1 aromatic carbocycles. The lowest BCUT2D eigenvalue weighted by Gasteiger charge is -2.08. The maximum absolute atomic E-state index is 13.2. The molecule has 0 aliphatic rings. The second-order valence-corrected chi connectivity index (χ2v) is 2.65. The second kappa shape index (κ2) is 4.48. The first-order valence-electron chi connectivity index (χ1n) is 4.08. The molecule has 13 heavy (non-hydrogen) atoms. The molecule has 0 aliphatic heterocycles. The van der Waals surface area contributed by atoms with Crippen LogP contribution < -0.4 is 0 Å². The van der Waals surface area contributed by atoms with Gasteiger partial charge < -0.3 is 0 Å². The van der Waals surface area contributed by atoms with Crippen molar-refractivity contribution >= 4 is 0 Å². The van der Waals surface area contributed by atoms with Crippen molar-refractivity contribution in [1.82, 2.24) is 0 Å². The zero-order valence-electron chi connectivity index (χ0n) is 7.31. The molecule has 0 radical (unpaired) electrons. The zero-order chi connectivity index (χ0) is 9.68. The molecule has 0 amide bonds. The molecule has 3 nitrogen and oxygen atoms in total. The van der Waals surface area contributed by atoms with Gasteiger partial charge in [-0.15, -0.1) is 0 Å². The van der Waals surface area contributed by atoms with Crippen LogP contribution in [0.2, 0.25) is 0 Å². The van der Waals surface area contributed by atoms with E-state index in [0.29, 0.717) is 12.0 Å². The molecule has 0 aliphatic carbocycles. The number of benzene rings is 1. The third-order valence-corrected chi connectivity index (χ3v) is 1.84. The van der Waals surface area contributed by atoms with Gasteiger partial charge in [0.15, 0.2) is 0 Å². The summed E-state index contributed by atoms with van der Waals surface area (Å²) in [5.41, 5.74) is 8.72. The van der Waals surface area contributed by atoms with E-state index in [4.69, 9.17) is 5.53 Å². The topological polar surface area (TPSA) is 48.8 Å². The molecule has 0 heterocycles. The van der Waals surface area contributed by atoms with Crippen molar-refractivity contribution in [3.63, 3.8) is 0 Å². The van der Waals surface area contributed by atoms with Crippen LogP contribution in [0.15, 0.2) is 29.4 Å². The van der Waals surface area contributed by atoms with Gasteiger partial charge >= 0.3 is 0 Å². The van der Waals surface area contributed by atoms with Crippen LogP contribution in [-0.2, 0) is 0 Å². The van der Waals surface area contributed by atoms with Gasteiger partial charge in [-0.3, -0.25) is 0 Å². The van der Waals surface area contributed by atoms with Gasteiger partial charge in [0.2, 0.25) is 0 Å². The van der Waals surface area contributed by atoms with Gasteiger partial charge in [0.25, 0.3) is 0 Å². The van der Waals surface area contributed by atoms with Gasteiger partial charge in [-0.05, 0) is 23.6 Å². The van der Waals surface area contributed by atoms with Crippen molar-refractivity contribution in [2.24, 2.45) is 5.11 Å². The molecular formula is C9H10FN3. The fourth-order valence-electron chi connectivity index (χ4n) is 1.17. The van der Waals surface area contributed by atoms with Crippen LogP contribution in [0.4, 0.5) is 4.39 Å². The molecular weight excluding hydrogens is 169 g/mol. The Morgan fingerprint density at radius 3 is 2.77 bits per heavy atom. The average molecular weight is 179 g/mol. The van der Waals surface area contributed by atoms with Gasteiger partial charge in [0.05, 0.1) is 6.04 Å². The standard InChI is InChI=1S/C9H10FN3/c1-2-9(12-13-11)7-5-3-4-6-8(7)10/h3-6,9H,2H2,1H3. The third kappa shape index (κ3) is 2.20. The Bertz CT molecular complexity index is 331. The van der Waals surface area contributed by atoms with E-state index in [0.717, 1.165) is 0 Å². The monoisotopic (exact) mass is 179 g/mol. The lowest BCUT2D eigenvalue weighted by atomic mass is 10.1. The van der Waals surface area contributed by atoms with E-state index in [-0.39, 0.29) is 5.82 Å². The first-order chi connectivity index (χ1) is 6.29. The Balaban J connectivity index is 3.04. The maximum Gasteiger partial charge on any atom is 0.126 e. The molecule has 0 aromatic heterocycles. The highest BCUT2D eigenvalue weighted by Crippen LogP contribution is 2.23. The lowest BCUT2D eigenvalue weighted by molar-refractivity contribution is 0.574. The summed E-state index contributed by atoms with van der Waals surface area (Å²) in [5, 5.41) is 3.51. The first kappa shape index (κ1) is 9.55. The Morgan fingerprint density at radius 2 is 2.23 bits per heavy atom. The van der Waals surface area contributed by atoms with E-state index >= 15 is 0 Å². The number of azide groups is 1. The largest absolute Gasteiger partial charge is 0.207 e. The Morgan fingerprint density at radius 1 is 1.54 bits per heavy atom. The highest BCUT2D eigenvalue weighted by atomic mass is 19.1. The number of rotatable bonds is 3. The second-order valence-electron chi connectivity index (χ2n) is 2.65. The summed E-state index contributed by atoms with van der Waals surface area (Å²) < 4.78 is 13.2. The van der Waals surface area contributed by atoms with Crippen LogP contribution in [0.1, 0.15) is 24.9 Å². The highest BCUT2D eigenvalue weighted by molar-refractivity contribution is 5.21. The lowest BCUT2D eigenvalue weighted by Crippen LogP contribution is -1.95. The van der Waals surface area contributed by atoms with Crippen molar-refractivity contribution < 1.29 is 4.39 Å². The normalized spacial score (nSPS) is 11.8. The highest BCUT2D eigenvalue weighted by Gasteiger charge is 2.10. The summed E-state index contributed by atoms with van der Waals surface area (Å²) in [6.07, 6.45) is 0.602. The molecule has 0 saturated heterocycles. The fraction of sp³-hybridized carbons (Fsp3) is 0.333. The predicted octanol–water partition coefficient (Wildman–Crippen LogP) is 3.59. The van der Waals surface area contributed by atoms with Crippen LogP contribution in [0.3, 0.4) is 0 Å². The van der Waals surface area contributed by atoms with E-state index in [2.05, 4.69) is 10.0 Å². The number of hydrogen-bond acceptors (Lipinski definition) is 1. The Kier molecular flexibility index (Phi) is 3.29. The number of halogens is 1. The molecule has 0 bridgehead atoms. The molecule has 0 saturated carbocycles. The van der Waals surface area contributed by atoms with E-state index in [1.54, 1.807) is 18.2 Å².